The average molecular weight is 471 g/mol. The van der Waals surface area contributed by atoms with Crippen LogP contribution < -0.4 is 10.1 Å². The number of ether oxygens (including phenoxy) is 1. The molecule has 0 saturated carbocycles. The number of fused-ring (bicyclic) bond motifs is 3. The molecule has 0 radical (unpaired) electrons. The molecule has 0 bridgehead atoms. The van der Waals surface area contributed by atoms with Gasteiger partial charge in [-0.15, -0.1) is 0 Å². The Morgan fingerprint density at radius 1 is 1.12 bits per heavy atom. The predicted octanol–water partition coefficient (Wildman–Crippen LogP) is 3.80. The van der Waals surface area contributed by atoms with Crippen molar-refractivity contribution in [1.29, 1.82) is 0 Å². The summed E-state index contributed by atoms with van der Waals surface area (Å²) in [4.78, 5) is 8.67. The van der Waals surface area contributed by atoms with Crippen molar-refractivity contribution in [2.24, 2.45) is 0 Å². The maximum atomic E-state index is 13.0. The van der Waals surface area contributed by atoms with Crippen molar-refractivity contribution in [3.63, 3.8) is 0 Å². The van der Waals surface area contributed by atoms with E-state index in [0.717, 1.165) is 28.7 Å². The number of hydrogen-bond donors (Lipinski definition) is 1. The molecule has 0 unspecified atom stereocenters. The lowest BCUT2D eigenvalue weighted by Crippen LogP contribution is -2.34. The Hall–Kier alpha value is -3.37. The smallest absolute Gasteiger partial charge is 0.387 e. The van der Waals surface area contributed by atoms with Crippen molar-refractivity contribution >= 4 is 20.9 Å². The van der Waals surface area contributed by atoms with Crippen LogP contribution in [-0.4, -0.2) is 42.4 Å². The number of pyridine rings is 1. The first-order valence-electron chi connectivity index (χ1n) is 10.2. The van der Waals surface area contributed by atoms with Crippen LogP contribution in [0.4, 0.5) is 8.78 Å². The summed E-state index contributed by atoms with van der Waals surface area (Å²) in [6.45, 7) is -1.88. The van der Waals surface area contributed by atoms with Crippen LogP contribution >= 0.6 is 0 Å². The number of benzene rings is 2. The molecule has 0 fully saturated rings. The van der Waals surface area contributed by atoms with E-state index in [4.69, 9.17) is 9.72 Å². The number of nitrogens with one attached hydrogen (secondary N) is 1. The van der Waals surface area contributed by atoms with Gasteiger partial charge in [-0.05, 0) is 41.5 Å². The Morgan fingerprint density at radius 2 is 1.91 bits per heavy atom. The Balaban J connectivity index is 1.65. The fraction of sp³-hybridized carbons (Fsp3) is 0.217. The standard InChI is InChI=1S/C23H20F2N4O3S/c1-33(30,31)22-11-15(8-9-27-22)14-6-7-17-18(10-14)29-19(12-26-13-21(29)28-17)16-4-2-3-5-20(16)32-23(24)25/h2-11,19,23,26H,12-13H2,1H3/t19-/m1/s1. The summed E-state index contributed by atoms with van der Waals surface area (Å²) in [5.41, 5.74) is 3.70. The lowest BCUT2D eigenvalue weighted by atomic mass is 10.0. The lowest BCUT2D eigenvalue weighted by molar-refractivity contribution is -0.0507. The van der Waals surface area contributed by atoms with Crippen LogP contribution in [-0.2, 0) is 16.4 Å². The average Bonchev–Trinajstić information content (AvgIpc) is 3.17. The molecule has 2 aromatic heterocycles. The SMILES string of the molecule is CS(=O)(=O)c1cc(-c2ccc3nc4n(c3c2)[C@@H](c2ccccc2OC(F)F)CNC4)ccn1. The van der Waals surface area contributed by atoms with Gasteiger partial charge in [0.2, 0.25) is 0 Å². The molecule has 1 N–H and O–H groups in total. The highest BCUT2D eigenvalue weighted by atomic mass is 32.2. The van der Waals surface area contributed by atoms with Gasteiger partial charge in [-0.25, -0.2) is 18.4 Å². The Morgan fingerprint density at radius 3 is 2.70 bits per heavy atom. The van der Waals surface area contributed by atoms with Crippen LogP contribution in [0, 0.1) is 0 Å². The van der Waals surface area contributed by atoms with Gasteiger partial charge in [0.15, 0.2) is 14.9 Å². The third-order valence-electron chi connectivity index (χ3n) is 5.64. The summed E-state index contributed by atoms with van der Waals surface area (Å²) in [5, 5.41) is 3.30. The number of para-hydroxylation sites is 1. The minimum atomic E-state index is -3.45. The summed E-state index contributed by atoms with van der Waals surface area (Å²) in [6.07, 6.45) is 2.58. The van der Waals surface area contributed by atoms with Crippen LogP contribution in [0.1, 0.15) is 17.4 Å². The second-order valence-corrected chi connectivity index (χ2v) is 9.78. The van der Waals surface area contributed by atoms with Crippen molar-refractivity contribution in [3.8, 4) is 16.9 Å². The largest absolute Gasteiger partial charge is 0.434 e. The van der Waals surface area contributed by atoms with E-state index in [-0.39, 0.29) is 16.8 Å². The zero-order chi connectivity index (χ0) is 23.2. The normalized spacial score (nSPS) is 16.2. The summed E-state index contributed by atoms with van der Waals surface area (Å²) in [7, 11) is -3.45. The van der Waals surface area contributed by atoms with Crippen LogP contribution in [0.2, 0.25) is 0 Å². The number of halogens is 2. The van der Waals surface area contributed by atoms with Gasteiger partial charge in [-0.3, -0.25) is 0 Å². The van der Waals surface area contributed by atoms with Crippen molar-refractivity contribution in [2.45, 2.75) is 24.2 Å². The molecule has 170 valence electrons. The number of aromatic nitrogens is 3. The van der Waals surface area contributed by atoms with Gasteiger partial charge in [0.05, 0.1) is 23.6 Å². The van der Waals surface area contributed by atoms with Crippen molar-refractivity contribution in [3.05, 3.63) is 72.2 Å². The highest BCUT2D eigenvalue weighted by Crippen LogP contribution is 2.35. The molecule has 3 heterocycles. The van der Waals surface area contributed by atoms with Crippen molar-refractivity contribution < 1.29 is 21.9 Å². The Bertz CT molecular complexity index is 1450. The van der Waals surface area contributed by atoms with Gasteiger partial charge >= 0.3 is 6.61 Å². The minimum absolute atomic E-state index is 0.00411. The predicted molar refractivity (Wildman–Crippen MR) is 119 cm³/mol. The second kappa shape index (κ2) is 8.20. The number of sulfone groups is 1. The molecule has 1 aliphatic rings. The quantitative estimate of drug-likeness (QED) is 0.478. The third kappa shape index (κ3) is 4.07. The van der Waals surface area contributed by atoms with E-state index < -0.39 is 16.4 Å². The van der Waals surface area contributed by atoms with Gasteiger partial charge in [0.1, 0.15) is 11.6 Å². The minimum Gasteiger partial charge on any atom is -0.434 e. The molecule has 10 heteroatoms. The molecule has 7 nitrogen and oxygen atoms in total. The molecule has 0 aliphatic carbocycles. The first-order valence-corrected chi connectivity index (χ1v) is 12.1. The number of hydrogen-bond acceptors (Lipinski definition) is 6. The molecule has 5 rings (SSSR count). The molecule has 2 aromatic carbocycles. The molecule has 0 saturated heterocycles. The highest BCUT2D eigenvalue weighted by molar-refractivity contribution is 7.90. The van der Waals surface area contributed by atoms with Crippen molar-refractivity contribution in [2.75, 3.05) is 12.8 Å². The van der Waals surface area contributed by atoms with Crippen LogP contribution in [0.15, 0.2) is 65.8 Å². The number of imidazole rings is 1. The monoisotopic (exact) mass is 470 g/mol. The van der Waals surface area contributed by atoms with Crippen LogP contribution in [0.25, 0.3) is 22.2 Å². The van der Waals surface area contributed by atoms with Gasteiger partial charge < -0.3 is 14.6 Å². The van der Waals surface area contributed by atoms with Crippen LogP contribution in [0.3, 0.4) is 0 Å². The Kier molecular flexibility index (Phi) is 5.34. The topological polar surface area (TPSA) is 86.1 Å². The maximum absolute atomic E-state index is 13.0. The van der Waals surface area contributed by atoms with E-state index in [0.29, 0.717) is 24.2 Å². The third-order valence-corrected chi connectivity index (χ3v) is 6.62. The van der Waals surface area contributed by atoms with Gasteiger partial charge in [0.25, 0.3) is 0 Å². The van der Waals surface area contributed by atoms with Crippen LogP contribution in [0.5, 0.6) is 5.75 Å². The molecular weight excluding hydrogens is 450 g/mol. The molecule has 33 heavy (non-hydrogen) atoms. The zero-order valence-electron chi connectivity index (χ0n) is 17.6. The summed E-state index contributed by atoms with van der Waals surface area (Å²) >= 11 is 0. The fourth-order valence-corrected chi connectivity index (χ4v) is 4.80. The maximum Gasteiger partial charge on any atom is 0.387 e. The number of nitrogens with zero attached hydrogens (tertiary/aromatic N) is 3. The highest BCUT2D eigenvalue weighted by Gasteiger charge is 2.27. The summed E-state index contributed by atoms with van der Waals surface area (Å²) in [6, 6.07) is 15.4. The van der Waals surface area contributed by atoms with Gasteiger partial charge in [-0.2, -0.15) is 8.78 Å². The zero-order valence-corrected chi connectivity index (χ0v) is 18.4. The Labute approximate surface area is 189 Å². The first-order chi connectivity index (χ1) is 15.8. The fourth-order valence-electron chi connectivity index (χ4n) is 4.21. The molecule has 0 amide bonds. The molecule has 1 atom stereocenters. The molecule has 1 aliphatic heterocycles. The van der Waals surface area contributed by atoms with Crippen molar-refractivity contribution in [1.82, 2.24) is 19.9 Å². The molecule has 4 aromatic rings. The van der Waals surface area contributed by atoms with E-state index in [9.17, 15) is 17.2 Å². The van der Waals surface area contributed by atoms with E-state index in [2.05, 4.69) is 10.3 Å². The summed E-state index contributed by atoms with van der Waals surface area (Å²) < 4.78 is 56.7. The van der Waals surface area contributed by atoms with E-state index in [1.807, 2.05) is 22.8 Å². The number of rotatable bonds is 5. The van der Waals surface area contributed by atoms with E-state index in [1.54, 1.807) is 24.3 Å². The summed E-state index contributed by atoms with van der Waals surface area (Å²) in [5.74, 6) is 0.897. The van der Waals surface area contributed by atoms with Gasteiger partial charge in [0, 0.05) is 24.6 Å². The number of alkyl halides is 2. The van der Waals surface area contributed by atoms with E-state index >= 15 is 0 Å². The molecule has 0 spiro atoms. The molecular formula is C23H20F2N4O3S. The lowest BCUT2D eigenvalue weighted by Gasteiger charge is -2.28. The second-order valence-electron chi connectivity index (χ2n) is 7.82. The van der Waals surface area contributed by atoms with Gasteiger partial charge in [-0.1, -0.05) is 24.3 Å². The first kappa shape index (κ1) is 21.5. The van der Waals surface area contributed by atoms with E-state index in [1.165, 1.54) is 18.3 Å².